The van der Waals surface area contributed by atoms with Gasteiger partial charge in [0.05, 0.1) is 0 Å². The van der Waals surface area contributed by atoms with Crippen LogP contribution < -0.4 is 5.73 Å². The van der Waals surface area contributed by atoms with Gasteiger partial charge in [-0.1, -0.05) is 6.07 Å². The fraction of sp³-hybridized carbons (Fsp3) is 0.600. The first-order valence-electron chi connectivity index (χ1n) is 6.96. The van der Waals surface area contributed by atoms with Crippen molar-refractivity contribution in [1.82, 2.24) is 9.80 Å². The lowest BCUT2D eigenvalue weighted by atomic mass is 10.1. The Balaban J connectivity index is 2.07. The van der Waals surface area contributed by atoms with Crippen LogP contribution in [0.3, 0.4) is 0 Å². The molecule has 1 aromatic carbocycles. The molecule has 0 aliphatic carbocycles. The molecular weight excluding hydrogens is 241 g/mol. The van der Waals surface area contributed by atoms with Crippen LogP contribution in [-0.4, -0.2) is 43.0 Å². The van der Waals surface area contributed by atoms with Crippen molar-refractivity contribution in [2.75, 3.05) is 27.2 Å². The number of halogens is 1. The van der Waals surface area contributed by atoms with Gasteiger partial charge in [-0.15, -0.1) is 0 Å². The number of benzene rings is 1. The lowest BCUT2D eigenvalue weighted by molar-refractivity contribution is 0.200. The number of hydrogen-bond donors (Lipinski definition) is 1. The van der Waals surface area contributed by atoms with Crippen LogP contribution >= 0.6 is 0 Å². The summed E-state index contributed by atoms with van der Waals surface area (Å²) in [6.45, 7) is 3.49. The largest absolute Gasteiger partial charge is 0.326 e. The molecule has 0 radical (unpaired) electrons. The van der Waals surface area contributed by atoms with Gasteiger partial charge in [-0.2, -0.15) is 0 Å². The van der Waals surface area contributed by atoms with Crippen LogP contribution in [0.1, 0.15) is 24.0 Å². The molecule has 19 heavy (non-hydrogen) atoms. The average molecular weight is 265 g/mol. The number of likely N-dealkylation sites (N-methyl/N-ethyl adjacent to an activating group) is 1. The van der Waals surface area contributed by atoms with E-state index in [1.54, 1.807) is 6.07 Å². The fourth-order valence-electron chi connectivity index (χ4n) is 2.89. The third-order valence-corrected chi connectivity index (χ3v) is 3.84. The highest BCUT2D eigenvalue weighted by molar-refractivity contribution is 5.28. The van der Waals surface area contributed by atoms with Crippen molar-refractivity contribution < 1.29 is 4.39 Å². The van der Waals surface area contributed by atoms with Gasteiger partial charge in [0.15, 0.2) is 0 Å². The maximum Gasteiger partial charge on any atom is 0.123 e. The summed E-state index contributed by atoms with van der Waals surface area (Å²) in [5.74, 6) is -0.199. The third kappa shape index (κ3) is 3.75. The maximum absolute atomic E-state index is 13.2. The van der Waals surface area contributed by atoms with Gasteiger partial charge in [0.2, 0.25) is 0 Å². The molecule has 1 aliphatic heterocycles. The Kier molecular flexibility index (Phi) is 4.91. The first-order chi connectivity index (χ1) is 9.10. The number of rotatable bonds is 5. The summed E-state index contributed by atoms with van der Waals surface area (Å²) in [7, 11) is 4.22. The van der Waals surface area contributed by atoms with E-state index in [4.69, 9.17) is 5.73 Å². The van der Waals surface area contributed by atoms with E-state index in [0.717, 1.165) is 30.8 Å². The monoisotopic (exact) mass is 265 g/mol. The molecule has 0 spiro atoms. The standard InChI is InChI=1S/C15H24FN3/c1-18(2)11-15-4-3-7-19(15)10-12-5-6-14(16)8-13(12)9-17/h5-6,8,15H,3-4,7,9-11,17H2,1-2H3. The molecule has 4 heteroatoms. The van der Waals surface area contributed by atoms with Crippen LogP contribution in [0.15, 0.2) is 18.2 Å². The van der Waals surface area contributed by atoms with Crippen LogP contribution in [0.4, 0.5) is 4.39 Å². The molecule has 1 aliphatic rings. The highest BCUT2D eigenvalue weighted by Crippen LogP contribution is 2.22. The predicted molar refractivity (Wildman–Crippen MR) is 76.3 cm³/mol. The van der Waals surface area contributed by atoms with Crippen LogP contribution in [-0.2, 0) is 13.1 Å². The summed E-state index contributed by atoms with van der Waals surface area (Å²) in [5, 5.41) is 0. The van der Waals surface area contributed by atoms with E-state index in [1.807, 2.05) is 6.07 Å². The van der Waals surface area contributed by atoms with E-state index in [0.29, 0.717) is 12.6 Å². The molecule has 0 amide bonds. The summed E-state index contributed by atoms with van der Waals surface area (Å²) in [5.41, 5.74) is 7.80. The van der Waals surface area contributed by atoms with Crippen molar-refractivity contribution in [3.8, 4) is 0 Å². The second-order valence-corrected chi connectivity index (χ2v) is 5.65. The van der Waals surface area contributed by atoms with Crippen molar-refractivity contribution in [1.29, 1.82) is 0 Å². The van der Waals surface area contributed by atoms with Crippen LogP contribution in [0, 0.1) is 5.82 Å². The van der Waals surface area contributed by atoms with Crippen molar-refractivity contribution in [2.45, 2.75) is 32.0 Å². The second-order valence-electron chi connectivity index (χ2n) is 5.65. The van der Waals surface area contributed by atoms with Crippen molar-refractivity contribution in [2.24, 2.45) is 5.73 Å². The Morgan fingerprint density at radius 3 is 2.84 bits per heavy atom. The van der Waals surface area contributed by atoms with Gasteiger partial charge in [-0.05, 0) is 56.7 Å². The minimum Gasteiger partial charge on any atom is -0.326 e. The van der Waals surface area contributed by atoms with Crippen molar-refractivity contribution in [3.05, 3.63) is 35.1 Å². The summed E-state index contributed by atoms with van der Waals surface area (Å²) in [6.07, 6.45) is 2.50. The van der Waals surface area contributed by atoms with E-state index >= 15 is 0 Å². The molecule has 2 rings (SSSR count). The normalized spacial score (nSPS) is 20.4. The molecule has 2 N–H and O–H groups in total. The number of nitrogens with zero attached hydrogens (tertiary/aromatic N) is 2. The van der Waals surface area contributed by atoms with Gasteiger partial charge >= 0.3 is 0 Å². The van der Waals surface area contributed by atoms with Crippen LogP contribution in [0.5, 0.6) is 0 Å². The zero-order valence-corrected chi connectivity index (χ0v) is 11.9. The minimum atomic E-state index is -0.199. The molecule has 1 unspecified atom stereocenters. The molecule has 0 aromatic heterocycles. The van der Waals surface area contributed by atoms with Gasteiger partial charge < -0.3 is 10.6 Å². The molecule has 0 saturated carbocycles. The van der Waals surface area contributed by atoms with E-state index in [-0.39, 0.29) is 5.82 Å². The quantitative estimate of drug-likeness (QED) is 0.881. The van der Waals surface area contributed by atoms with Gasteiger partial charge in [0.1, 0.15) is 5.82 Å². The van der Waals surface area contributed by atoms with Crippen molar-refractivity contribution >= 4 is 0 Å². The van der Waals surface area contributed by atoms with Gasteiger partial charge in [-0.25, -0.2) is 4.39 Å². The topological polar surface area (TPSA) is 32.5 Å². The van der Waals surface area contributed by atoms with Gasteiger partial charge in [0, 0.05) is 25.7 Å². The number of likely N-dealkylation sites (tertiary alicyclic amines) is 1. The Bertz CT molecular complexity index is 420. The van der Waals surface area contributed by atoms with Gasteiger partial charge in [0.25, 0.3) is 0 Å². The average Bonchev–Trinajstić information content (AvgIpc) is 2.78. The Hall–Kier alpha value is -0.970. The SMILES string of the molecule is CN(C)CC1CCCN1Cc1ccc(F)cc1CN. The Labute approximate surface area is 115 Å². The van der Waals surface area contributed by atoms with Crippen LogP contribution in [0.25, 0.3) is 0 Å². The summed E-state index contributed by atoms with van der Waals surface area (Å²) in [4.78, 5) is 4.73. The third-order valence-electron chi connectivity index (χ3n) is 3.84. The van der Waals surface area contributed by atoms with E-state index in [2.05, 4.69) is 23.9 Å². The minimum absolute atomic E-state index is 0.199. The lowest BCUT2D eigenvalue weighted by Gasteiger charge is -2.27. The molecule has 0 bridgehead atoms. The summed E-state index contributed by atoms with van der Waals surface area (Å²) in [6, 6.07) is 5.58. The molecule has 3 nitrogen and oxygen atoms in total. The molecule has 1 atom stereocenters. The highest BCUT2D eigenvalue weighted by atomic mass is 19.1. The molecule has 1 saturated heterocycles. The molecule has 1 aromatic rings. The highest BCUT2D eigenvalue weighted by Gasteiger charge is 2.25. The molecule has 1 heterocycles. The summed E-state index contributed by atoms with van der Waals surface area (Å²) < 4.78 is 13.2. The lowest BCUT2D eigenvalue weighted by Crippen LogP contribution is -2.37. The Morgan fingerprint density at radius 1 is 1.37 bits per heavy atom. The summed E-state index contributed by atoms with van der Waals surface area (Å²) >= 11 is 0. The smallest absolute Gasteiger partial charge is 0.123 e. The number of nitrogens with two attached hydrogens (primary N) is 1. The number of hydrogen-bond acceptors (Lipinski definition) is 3. The second kappa shape index (κ2) is 6.46. The zero-order valence-electron chi connectivity index (χ0n) is 11.9. The first-order valence-corrected chi connectivity index (χ1v) is 6.96. The van der Waals surface area contributed by atoms with E-state index in [9.17, 15) is 4.39 Å². The van der Waals surface area contributed by atoms with E-state index < -0.39 is 0 Å². The van der Waals surface area contributed by atoms with E-state index in [1.165, 1.54) is 18.9 Å². The molecular formula is C15H24FN3. The fourth-order valence-corrected chi connectivity index (χ4v) is 2.89. The van der Waals surface area contributed by atoms with Gasteiger partial charge in [-0.3, -0.25) is 4.90 Å². The maximum atomic E-state index is 13.2. The molecule has 106 valence electrons. The van der Waals surface area contributed by atoms with Crippen molar-refractivity contribution in [3.63, 3.8) is 0 Å². The first kappa shape index (κ1) is 14.4. The predicted octanol–water partition coefficient (Wildman–Crippen LogP) is 1.81. The Morgan fingerprint density at radius 2 is 2.16 bits per heavy atom. The van der Waals surface area contributed by atoms with Crippen LogP contribution in [0.2, 0.25) is 0 Å². The molecule has 1 fully saturated rings. The zero-order chi connectivity index (χ0) is 13.8.